The Morgan fingerprint density at radius 1 is 1.07 bits per heavy atom. The van der Waals surface area contributed by atoms with Crippen molar-refractivity contribution in [2.75, 3.05) is 13.1 Å². The molecule has 1 aliphatic rings. The summed E-state index contributed by atoms with van der Waals surface area (Å²) in [5.41, 5.74) is 0.721. The number of carbonyl (C=O) groups is 1. The SMILES string of the molecule is C[C@@H]1C[C@@H](C)CN(S(=O)(=O)c2ccc(C(=O)NCc3ccccc3F)cc2)C1. The van der Waals surface area contributed by atoms with Crippen molar-refractivity contribution in [2.24, 2.45) is 11.8 Å². The molecule has 0 saturated carbocycles. The van der Waals surface area contributed by atoms with Gasteiger partial charge in [-0.2, -0.15) is 4.31 Å². The number of amides is 1. The predicted octanol–water partition coefficient (Wildman–Crippen LogP) is 3.42. The Bertz CT molecular complexity index is 934. The fourth-order valence-electron chi connectivity index (χ4n) is 3.65. The van der Waals surface area contributed by atoms with Crippen molar-refractivity contribution >= 4 is 15.9 Å². The van der Waals surface area contributed by atoms with Crippen LogP contribution in [0.25, 0.3) is 0 Å². The van der Waals surface area contributed by atoms with Crippen LogP contribution in [-0.4, -0.2) is 31.7 Å². The summed E-state index contributed by atoms with van der Waals surface area (Å²) in [5.74, 6) is -0.120. The number of rotatable bonds is 5. The molecule has 0 bridgehead atoms. The Hall–Kier alpha value is -2.25. The monoisotopic (exact) mass is 404 g/mol. The predicted molar refractivity (Wildman–Crippen MR) is 106 cm³/mol. The Morgan fingerprint density at radius 3 is 2.29 bits per heavy atom. The van der Waals surface area contributed by atoms with E-state index in [9.17, 15) is 17.6 Å². The molecule has 28 heavy (non-hydrogen) atoms. The number of hydrogen-bond donors (Lipinski definition) is 1. The summed E-state index contributed by atoms with van der Waals surface area (Å²) in [6, 6.07) is 12.1. The van der Waals surface area contributed by atoms with Gasteiger partial charge in [-0.05, 0) is 48.6 Å². The van der Waals surface area contributed by atoms with Gasteiger partial charge in [-0.15, -0.1) is 0 Å². The van der Waals surface area contributed by atoms with Crippen molar-refractivity contribution in [3.63, 3.8) is 0 Å². The molecule has 3 rings (SSSR count). The van der Waals surface area contributed by atoms with Gasteiger partial charge in [0.25, 0.3) is 5.91 Å². The van der Waals surface area contributed by atoms with E-state index in [4.69, 9.17) is 0 Å². The average molecular weight is 405 g/mol. The summed E-state index contributed by atoms with van der Waals surface area (Å²) in [6.07, 6.45) is 1.02. The second-order valence-corrected chi connectivity index (χ2v) is 9.50. The number of nitrogens with zero attached hydrogens (tertiary/aromatic N) is 1. The molecule has 2 aromatic carbocycles. The standard InChI is InChI=1S/C21H25FN2O3S/c1-15-11-16(2)14-24(13-15)28(26,27)19-9-7-17(8-10-19)21(25)23-12-18-5-3-4-6-20(18)22/h3-10,15-16H,11-14H2,1-2H3,(H,23,25)/t15-,16-/m1/s1. The van der Waals surface area contributed by atoms with Crippen molar-refractivity contribution in [3.8, 4) is 0 Å². The van der Waals surface area contributed by atoms with E-state index in [2.05, 4.69) is 19.2 Å². The van der Waals surface area contributed by atoms with Crippen LogP contribution in [-0.2, 0) is 16.6 Å². The Balaban J connectivity index is 1.68. The highest BCUT2D eigenvalue weighted by Crippen LogP contribution is 2.26. The number of nitrogens with one attached hydrogen (secondary N) is 1. The molecular weight excluding hydrogens is 379 g/mol. The van der Waals surface area contributed by atoms with Crippen LogP contribution in [0.3, 0.4) is 0 Å². The first kappa shape index (κ1) is 20.5. The topological polar surface area (TPSA) is 66.5 Å². The van der Waals surface area contributed by atoms with E-state index in [0.717, 1.165) is 6.42 Å². The van der Waals surface area contributed by atoms with Crippen LogP contribution in [0.1, 0.15) is 36.2 Å². The molecule has 1 aliphatic heterocycles. The molecule has 1 N–H and O–H groups in total. The summed E-state index contributed by atoms with van der Waals surface area (Å²) < 4.78 is 40.9. The van der Waals surface area contributed by atoms with E-state index in [1.807, 2.05) is 0 Å². The lowest BCUT2D eigenvalue weighted by Crippen LogP contribution is -2.42. The van der Waals surface area contributed by atoms with Crippen LogP contribution < -0.4 is 5.32 Å². The Labute approximate surface area is 165 Å². The van der Waals surface area contributed by atoms with Gasteiger partial charge in [-0.1, -0.05) is 32.0 Å². The average Bonchev–Trinajstić information content (AvgIpc) is 2.66. The maximum Gasteiger partial charge on any atom is 0.251 e. The number of piperidine rings is 1. The molecule has 0 spiro atoms. The van der Waals surface area contributed by atoms with Crippen molar-refractivity contribution in [3.05, 3.63) is 65.5 Å². The Kier molecular flexibility index (Phi) is 6.15. The number of halogens is 1. The van der Waals surface area contributed by atoms with Gasteiger partial charge < -0.3 is 5.32 Å². The lowest BCUT2D eigenvalue weighted by Gasteiger charge is -2.34. The van der Waals surface area contributed by atoms with Crippen LogP contribution in [0.5, 0.6) is 0 Å². The third kappa shape index (κ3) is 4.59. The van der Waals surface area contributed by atoms with Crippen LogP contribution in [0.15, 0.2) is 53.4 Å². The molecule has 2 atom stereocenters. The molecular formula is C21H25FN2O3S. The molecule has 5 nitrogen and oxygen atoms in total. The molecule has 1 heterocycles. The summed E-state index contributed by atoms with van der Waals surface area (Å²) in [6.45, 7) is 5.20. The van der Waals surface area contributed by atoms with Crippen molar-refractivity contribution in [2.45, 2.75) is 31.7 Å². The number of sulfonamides is 1. The zero-order valence-corrected chi connectivity index (χ0v) is 16.9. The van der Waals surface area contributed by atoms with Gasteiger partial charge in [-0.3, -0.25) is 4.79 Å². The molecule has 0 unspecified atom stereocenters. The van der Waals surface area contributed by atoms with Gasteiger partial charge in [0.05, 0.1) is 4.90 Å². The van der Waals surface area contributed by atoms with E-state index >= 15 is 0 Å². The highest BCUT2D eigenvalue weighted by molar-refractivity contribution is 7.89. The molecule has 2 aromatic rings. The highest BCUT2D eigenvalue weighted by Gasteiger charge is 2.31. The fraction of sp³-hybridized carbons (Fsp3) is 0.381. The maximum atomic E-state index is 13.6. The first-order chi connectivity index (χ1) is 13.3. The first-order valence-electron chi connectivity index (χ1n) is 9.39. The molecule has 1 amide bonds. The third-order valence-electron chi connectivity index (χ3n) is 4.99. The number of hydrogen-bond acceptors (Lipinski definition) is 3. The molecule has 7 heteroatoms. The van der Waals surface area contributed by atoms with E-state index in [-0.39, 0.29) is 23.2 Å². The molecule has 1 saturated heterocycles. The molecule has 0 aromatic heterocycles. The quantitative estimate of drug-likeness (QED) is 0.830. The van der Waals surface area contributed by atoms with Gasteiger partial charge in [-0.25, -0.2) is 12.8 Å². The third-order valence-corrected chi connectivity index (χ3v) is 6.83. The summed E-state index contributed by atoms with van der Waals surface area (Å²) in [4.78, 5) is 12.5. The van der Waals surface area contributed by atoms with Gasteiger partial charge >= 0.3 is 0 Å². The normalized spacial score (nSPS) is 20.7. The van der Waals surface area contributed by atoms with Crippen LogP contribution in [0.2, 0.25) is 0 Å². The van der Waals surface area contributed by atoms with Gasteiger partial charge in [0.1, 0.15) is 5.82 Å². The summed E-state index contributed by atoms with van der Waals surface area (Å²) >= 11 is 0. The smallest absolute Gasteiger partial charge is 0.251 e. The molecule has 0 radical (unpaired) electrons. The van der Waals surface area contributed by atoms with Crippen LogP contribution in [0.4, 0.5) is 4.39 Å². The minimum absolute atomic E-state index is 0.0646. The van der Waals surface area contributed by atoms with Gasteiger partial charge in [0.2, 0.25) is 10.0 Å². The van der Waals surface area contributed by atoms with Crippen LogP contribution in [0, 0.1) is 17.7 Å². The fourth-order valence-corrected chi connectivity index (χ4v) is 5.33. The lowest BCUT2D eigenvalue weighted by molar-refractivity contribution is 0.0950. The van der Waals surface area contributed by atoms with E-state index in [1.165, 1.54) is 34.6 Å². The zero-order chi connectivity index (χ0) is 20.3. The van der Waals surface area contributed by atoms with Crippen molar-refractivity contribution in [1.29, 1.82) is 0 Å². The number of benzene rings is 2. The minimum atomic E-state index is -3.58. The van der Waals surface area contributed by atoms with Crippen LogP contribution >= 0.6 is 0 Å². The molecule has 150 valence electrons. The summed E-state index contributed by atoms with van der Waals surface area (Å²) in [5, 5.41) is 2.65. The second-order valence-electron chi connectivity index (χ2n) is 7.57. The van der Waals surface area contributed by atoms with E-state index in [1.54, 1.807) is 18.2 Å². The molecule has 0 aliphatic carbocycles. The maximum absolute atomic E-state index is 13.6. The summed E-state index contributed by atoms with van der Waals surface area (Å²) in [7, 11) is -3.58. The second kappa shape index (κ2) is 8.41. The van der Waals surface area contributed by atoms with Crippen molar-refractivity contribution in [1.82, 2.24) is 9.62 Å². The molecule has 1 fully saturated rings. The lowest BCUT2D eigenvalue weighted by atomic mass is 9.94. The van der Waals surface area contributed by atoms with Crippen molar-refractivity contribution < 1.29 is 17.6 Å². The first-order valence-corrected chi connectivity index (χ1v) is 10.8. The zero-order valence-electron chi connectivity index (χ0n) is 16.1. The highest BCUT2D eigenvalue weighted by atomic mass is 32.2. The van der Waals surface area contributed by atoms with Gasteiger partial charge in [0, 0.05) is 30.8 Å². The van der Waals surface area contributed by atoms with E-state index in [0.29, 0.717) is 36.1 Å². The van der Waals surface area contributed by atoms with Gasteiger partial charge in [0.15, 0.2) is 0 Å². The largest absolute Gasteiger partial charge is 0.348 e. The Morgan fingerprint density at radius 2 is 1.68 bits per heavy atom. The minimum Gasteiger partial charge on any atom is -0.348 e. The number of carbonyl (C=O) groups excluding carboxylic acids is 1. The van der Waals surface area contributed by atoms with E-state index < -0.39 is 10.0 Å².